The average Bonchev–Trinajstić information content (AvgIpc) is 2.76. The van der Waals surface area contributed by atoms with Crippen LogP contribution in [-0.4, -0.2) is 45.6 Å². The average molecular weight is 474 g/mol. The predicted octanol–water partition coefficient (Wildman–Crippen LogP) is 3.42. The zero-order valence-corrected chi connectivity index (χ0v) is 19.9. The van der Waals surface area contributed by atoms with Gasteiger partial charge >= 0.3 is 12.0 Å². The van der Waals surface area contributed by atoms with E-state index in [0.717, 1.165) is 0 Å². The van der Waals surface area contributed by atoms with Crippen LogP contribution < -0.4 is 14.8 Å². The summed E-state index contributed by atoms with van der Waals surface area (Å²) in [5.41, 5.74) is 1.55. The van der Waals surface area contributed by atoms with Crippen LogP contribution in [0, 0.1) is 0 Å². The minimum atomic E-state index is -3.87. The van der Waals surface area contributed by atoms with Gasteiger partial charge in [0.2, 0.25) is 0 Å². The number of sulfonamides is 1. The molecule has 33 heavy (non-hydrogen) atoms. The molecule has 1 aliphatic heterocycles. The van der Waals surface area contributed by atoms with Gasteiger partial charge in [-0.05, 0) is 62.7 Å². The van der Waals surface area contributed by atoms with Crippen LogP contribution in [-0.2, 0) is 19.6 Å². The summed E-state index contributed by atoms with van der Waals surface area (Å²) < 4.78 is 38.6. The lowest BCUT2D eigenvalue weighted by Gasteiger charge is -2.33. The fourth-order valence-electron chi connectivity index (χ4n) is 3.38. The first-order valence-corrected chi connectivity index (χ1v) is 11.7. The zero-order chi connectivity index (χ0) is 24.3. The standard InChI is InChI=1S/C23H27N3O6S/c1-14(2)32-22(27)20-15(3)26(4)23(28)24-21(20)16-7-6-8-17(13-16)25-33(29,30)19-11-9-18(31-5)10-12-19/h6-14,21,25H,1-5H3,(H,24,28). The minimum absolute atomic E-state index is 0.0678. The Labute approximate surface area is 193 Å². The number of benzene rings is 2. The number of nitrogens with zero attached hydrogens (tertiary/aromatic N) is 1. The second-order valence-corrected chi connectivity index (χ2v) is 9.48. The molecule has 0 spiro atoms. The molecule has 1 unspecified atom stereocenters. The summed E-state index contributed by atoms with van der Waals surface area (Å²) in [7, 11) is -0.812. The molecule has 0 fully saturated rings. The summed E-state index contributed by atoms with van der Waals surface area (Å²) in [5.74, 6) is -0.0134. The van der Waals surface area contributed by atoms with E-state index in [1.165, 1.54) is 24.1 Å². The Bertz CT molecular complexity index is 1190. The van der Waals surface area contributed by atoms with E-state index in [-0.39, 0.29) is 28.3 Å². The van der Waals surface area contributed by atoms with E-state index in [9.17, 15) is 18.0 Å². The molecule has 2 N–H and O–H groups in total. The van der Waals surface area contributed by atoms with E-state index in [0.29, 0.717) is 17.0 Å². The van der Waals surface area contributed by atoms with Crippen LogP contribution in [0.25, 0.3) is 0 Å². The van der Waals surface area contributed by atoms with Gasteiger partial charge in [-0.1, -0.05) is 12.1 Å². The maximum absolute atomic E-state index is 12.8. The van der Waals surface area contributed by atoms with Gasteiger partial charge in [-0.15, -0.1) is 0 Å². The van der Waals surface area contributed by atoms with Gasteiger partial charge in [-0.3, -0.25) is 4.72 Å². The van der Waals surface area contributed by atoms with Crippen molar-refractivity contribution in [3.63, 3.8) is 0 Å². The number of urea groups is 1. The molecule has 3 rings (SSSR count). The molecular weight excluding hydrogens is 446 g/mol. The molecular formula is C23H27N3O6S. The summed E-state index contributed by atoms with van der Waals surface area (Å²) in [6.45, 7) is 5.14. The third-order valence-electron chi connectivity index (χ3n) is 5.16. The van der Waals surface area contributed by atoms with E-state index in [2.05, 4.69) is 10.0 Å². The lowest BCUT2D eigenvalue weighted by Crippen LogP contribution is -2.46. The third kappa shape index (κ3) is 5.28. The van der Waals surface area contributed by atoms with E-state index < -0.39 is 22.0 Å². The number of hydrogen-bond acceptors (Lipinski definition) is 6. The van der Waals surface area contributed by atoms with Crippen molar-refractivity contribution in [1.82, 2.24) is 10.2 Å². The lowest BCUT2D eigenvalue weighted by molar-refractivity contribution is -0.143. The molecule has 0 aliphatic carbocycles. The Morgan fingerprint density at radius 1 is 1.15 bits per heavy atom. The number of carbonyl (C=O) groups excluding carboxylic acids is 2. The molecule has 2 aromatic carbocycles. The van der Waals surface area contributed by atoms with Crippen LogP contribution in [0.4, 0.5) is 10.5 Å². The topological polar surface area (TPSA) is 114 Å². The SMILES string of the molecule is COc1ccc(S(=O)(=O)Nc2cccc(C3NC(=O)N(C)C(C)=C3C(=O)OC(C)C)c2)cc1. The molecule has 9 nitrogen and oxygen atoms in total. The van der Waals surface area contributed by atoms with Gasteiger partial charge in [0.05, 0.1) is 29.7 Å². The zero-order valence-electron chi connectivity index (χ0n) is 19.1. The van der Waals surface area contributed by atoms with Crippen LogP contribution in [0.15, 0.2) is 64.7 Å². The predicted molar refractivity (Wildman–Crippen MR) is 123 cm³/mol. The molecule has 2 amide bonds. The highest BCUT2D eigenvalue weighted by molar-refractivity contribution is 7.92. The van der Waals surface area contributed by atoms with Gasteiger partial charge in [-0.25, -0.2) is 18.0 Å². The monoisotopic (exact) mass is 473 g/mol. The van der Waals surface area contributed by atoms with Crippen molar-refractivity contribution in [2.45, 2.75) is 37.8 Å². The molecule has 1 heterocycles. The Morgan fingerprint density at radius 3 is 2.42 bits per heavy atom. The Balaban J connectivity index is 1.95. The quantitative estimate of drug-likeness (QED) is 0.596. The third-order valence-corrected chi connectivity index (χ3v) is 6.56. The normalized spacial score (nSPS) is 16.5. The van der Waals surface area contributed by atoms with Gasteiger partial charge in [-0.2, -0.15) is 0 Å². The molecule has 1 atom stereocenters. The molecule has 2 aromatic rings. The highest BCUT2D eigenvalue weighted by Crippen LogP contribution is 2.32. The summed E-state index contributed by atoms with van der Waals surface area (Å²) in [6.07, 6.45) is -0.343. The van der Waals surface area contributed by atoms with Crippen molar-refractivity contribution in [2.24, 2.45) is 0 Å². The minimum Gasteiger partial charge on any atom is -0.497 e. The van der Waals surface area contributed by atoms with Gasteiger partial charge in [0.25, 0.3) is 10.0 Å². The van der Waals surface area contributed by atoms with Gasteiger partial charge in [0.1, 0.15) is 5.75 Å². The van der Waals surface area contributed by atoms with Crippen LogP contribution in [0.5, 0.6) is 5.75 Å². The smallest absolute Gasteiger partial charge is 0.338 e. The van der Waals surface area contributed by atoms with E-state index in [4.69, 9.17) is 9.47 Å². The fraction of sp³-hybridized carbons (Fsp3) is 0.304. The van der Waals surface area contributed by atoms with Crippen molar-refractivity contribution in [3.05, 3.63) is 65.4 Å². The maximum atomic E-state index is 12.8. The Hall–Kier alpha value is -3.53. The van der Waals surface area contributed by atoms with Crippen LogP contribution in [0.2, 0.25) is 0 Å². The van der Waals surface area contributed by atoms with Crippen LogP contribution in [0.1, 0.15) is 32.4 Å². The number of hydrogen-bond donors (Lipinski definition) is 2. The number of nitrogens with one attached hydrogen (secondary N) is 2. The summed E-state index contributed by atoms with van der Waals surface area (Å²) in [6, 6.07) is 11.3. The van der Waals surface area contributed by atoms with Crippen molar-refractivity contribution < 1.29 is 27.5 Å². The number of carbonyl (C=O) groups is 2. The summed E-state index contributed by atoms with van der Waals surface area (Å²) in [5, 5.41) is 2.79. The molecule has 0 saturated heterocycles. The van der Waals surface area contributed by atoms with Crippen molar-refractivity contribution in [2.75, 3.05) is 18.9 Å². The van der Waals surface area contributed by atoms with Crippen molar-refractivity contribution in [3.8, 4) is 5.75 Å². The van der Waals surface area contributed by atoms with Crippen molar-refractivity contribution in [1.29, 1.82) is 0 Å². The number of amides is 2. The molecule has 0 radical (unpaired) electrons. The Morgan fingerprint density at radius 2 is 1.82 bits per heavy atom. The number of allylic oxidation sites excluding steroid dienone is 1. The van der Waals surface area contributed by atoms with Gasteiger partial charge in [0, 0.05) is 18.4 Å². The maximum Gasteiger partial charge on any atom is 0.338 e. The van der Waals surface area contributed by atoms with Gasteiger partial charge in [0.15, 0.2) is 0 Å². The summed E-state index contributed by atoms with van der Waals surface area (Å²) >= 11 is 0. The molecule has 10 heteroatoms. The highest BCUT2D eigenvalue weighted by atomic mass is 32.2. The number of rotatable bonds is 7. The first-order chi connectivity index (χ1) is 15.5. The second-order valence-electron chi connectivity index (χ2n) is 7.80. The fourth-order valence-corrected chi connectivity index (χ4v) is 4.43. The largest absolute Gasteiger partial charge is 0.497 e. The second kappa shape index (κ2) is 9.53. The highest BCUT2D eigenvalue weighted by Gasteiger charge is 2.35. The Kier molecular flexibility index (Phi) is 6.97. The summed E-state index contributed by atoms with van der Waals surface area (Å²) in [4.78, 5) is 26.7. The number of methoxy groups -OCH3 is 1. The van der Waals surface area contributed by atoms with Crippen molar-refractivity contribution >= 4 is 27.7 Å². The van der Waals surface area contributed by atoms with E-state index in [1.54, 1.807) is 64.2 Å². The first-order valence-electron chi connectivity index (χ1n) is 10.3. The number of ether oxygens (including phenoxy) is 2. The van der Waals surface area contributed by atoms with E-state index in [1.807, 2.05) is 0 Å². The molecule has 0 bridgehead atoms. The van der Waals surface area contributed by atoms with Crippen LogP contribution >= 0.6 is 0 Å². The first kappa shape index (κ1) is 24.1. The number of esters is 1. The molecule has 0 aromatic heterocycles. The molecule has 176 valence electrons. The molecule has 0 saturated carbocycles. The van der Waals surface area contributed by atoms with Crippen LogP contribution in [0.3, 0.4) is 0 Å². The van der Waals surface area contributed by atoms with E-state index >= 15 is 0 Å². The van der Waals surface area contributed by atoms with Gasteiger partial charge < -0.3 is 19.7 Å². The lowest BCUT2D eigenvalue weighted by atomic mass is 9.94. The number of anilines is 1. The molecule has 1 aliphatic rings.